The van der Waals surface area contributed by atoms with Crippen LogP contribution in [0.15, 0.2) is 48.5 Å². The van der Waals surface area contributed by atoms with Crippen molar-refractivity contribution >= 4 is 17.7 Å². The normalized spacial score (nSPS) is 15.4. The van der Waals surface area contributed by atoms with Crippen molar-refractivity contribution in [3.63, 3.8) is 0 Å². The van der Waals surface area contributed by atoms with Gasteiger partial charge in [0.2, 0.25) is 0 Å². The predicted molar refractivity (Wildman–Crippen MR) is 98.0 cm³/mol. The summed E-state index contributed by atoms with van der Waals surface area (Å²) < 4.78 is 19.2. The summed E-state index contributed by atoms with van der Waals surface area (Å²) in [6.07, 6.45) is -0.536. The quantitative estimate of drug-likeness (QED) is 0.846. The largest absolute Gasteiger partial charge is 0.447 e. The number of halogens is 1. The molecule has 0 bridgehead atoms. The Labute approximate surface area is 156 Å². The predicted octanol–water partition coefficient (Wildman–Crippen LogP) is 3.02. The van der Waals surface area contributed by atoms with Crippen molar-refractivity contribution in [2.45, 2.75) is 25.5 Å². The molecule has 7 heteroatoms. The fourth-order valence-electron chi connectivity index (χ4n) is 3.01. The van der Waals surface area contributed by atoms with Gasteiger partial charge in [-0.3, -0.25) is 9.69 Å². The van der Waals surface area contributed by atoms with Gasteiger partial charge in [-0.15, -0.1) is 0 Å². The maximum absolute atomic E-state index is 14.3. The van der Waals surface area contributed by atoms with Crippen LogP contribution in [0.3, 0.4) is 0 Å². The Balaban J connectivity index is 1.89. The van der Waals surface area contributed by atoms with E-state index in [1.165, 1.54) is 17.0 Å². The third-order valence-electron chi connectivity index (χ3n) is 4.38. The van der Waals surface area contributed by atoms with Crippen molar-refractivity contribution in [2.75, 3.05) is 18.1 Å². The number of benzene rings is 2. The van der Waals surface area contributed by atoms with Crippen LogP contribution < -0.4 is 10.2 Å². The number of nitrogens with one attached hydrogen (secondary N) is 1. The van der Waals surface area contributed by atoms with E-state index in [0.29, 0.717) is 17.8 Å². The maximum Gasteiger partial charge on any atom is 0.414 e. The molecule has 2 amide bonds. The molecular weight excluding hydrogens is 351 g/mol. The van der Waals surface area contributed by atoms with Crippen LogP contribution in [-0.2, 0) is 4.74 Å². The molecule has 27 heavy (non-hydrogen) atoms. The van der Waals surface area contributed by atoms with Gasteiger partial charge in [0.15, 0.2) is 0 Å². The fourth-order valence-corrected chi connectivity index (χ4v) is 3.01. The lowest BCUT2D eigenvalue weighted by atomic mass is 9.91. The van der Waals surface area contributed by atoms with E-state index in [0.717, 1.165) is 6.07 Å². The summed E-state index contributed by atoms with van der Waals surface area (Å²) in [5.74, 6) is -1.40. The topological polar surface area (TPSA) is 78.9 Å². The van der Waals surface area contributed by atoms with Gasteiger partial charge in [-0.05, 0) is 37.6 Å². The standard InChI is InChI=1S/C20H21FN2O4/c1-20(2,26)17(13-6-4-3-5-7-13)22-18(24)15-12-14(8-9-16(15)21)23-10-11-27-19(23)25/h3-9,12,17,26H,10-11H2,1-2H3,(H,22,24). The van der Waals surface area contributed by atoms with Crippen LogP contribution in [0.2, 0.25) is 0 Å². The molecule has 1 atom stereocenters. The Morgan fingerprint density at radius 2 is 1.96 bits per heavy atom. The third-order valence-corrected chi connectivity index (χ3v) is 4.38. The average molecular weight is 372 g/mol. The van der Waals surface area contributed by atoms with Gasteiger partial charge in [-0.2, -0.15) is 0 Å². The first kappa shape index (κ1) is 18.8. The highest BCUT2D eigenvalue weighted by atomic mass is 19.1. The van der Waals surface area contributed by atoms with Gasteiger partial charge in [-0.25, -0.2) is 9.18 Å². The summed E-state index contributed by atoms with van der Waals surface area (Å²) in [6.45, 7) is 3.71. The number of carbonyl (C=O) groups is 2. The summed E-state index contributed by atoms with van der Waals surface area (Å²) >= 11 is 0. The van der Waals surface area contributed by atoms with E-state index in [1.54, 1.807) is 38.1 Å². The molecule has 2 aromatic rings. The maximum atomic E-state index is 14.3. The van der Waals surface area contributed by atoms with Crippen molar-refractivity contribution in [2.24, 2.45) is 0 Å². The van der Waals surface area contributed by atoms with E-state index < -0.39 is 29.5 Å². The number of anilines is 1. The highest BCUT2D eigenvalue weighted by molar-refractivity contribution is 5.97. The Morgan fingerprint density at radius 3 is 2.56 bits per heavy atom. The molecular formula is C20H21FN2O4. The van der Waals surface area contributed by atoms with E-state index >= 15 is 0 Å². The summed E-state index contributed by atoms with van der Waals surface area (Å²) in [7, 11) is 0. The molecule has 1 fully saturated rings. The lowest BCUT2D eigenvalue weighted by Crippen LogP contribution is -2.42. The lowest BCUT2D eigenvalue weighted by Gasteiger charge is -2.30. The number of hydrogen-bond acceptors (Lipinski definition) is 4. The smallest absolute Gasteiger partial charge is 0.414 e. The van der Waals surface area contributed by atoms with E-state index in [9.17, 15) is 19.1 Å². The second-order valence-electron chi connectivity index (χ2n) is 6.90. The molecule has 0 aromatic heterocycles. The Morgan fingerprint density at radius 1 is 1.26 bits per heavy atom. The van der Waals surface area contributed by atoms with Gasteiger partial charge in [-0.1, -0.05) is 30.3 Å². The first-order valence-electron chi connectivity index (χ1n) is 8.59. The highest BCUT2D eigenvalue weighted by Gasteiger charge is 2.31. The van der Waals surface area contributed by atoms with E-state index in [1.807, 2.05) is 6.07 Å². The molecule has 0 radical (unpaired) electrons. The Hall–Kier alpha value is -2.93. The van der Waals surface area contributed by atoms with Gasteiger partial charge in [0.1, 0.15) is 12.4 Å². The highest BCUT2D eigenvalue weighted by Crippen LogP contribution is 2.27. The van der Waals surface area contributed by atoms with Crippen molar-refractivity contribution in [1.29, 1.82) is 0 Å². The summed E-state index contributed by atoms with van der Waals surface area (Å²) in [4.78, 5) is 25.8. The fraction of sp³-hybridized carbons (Fsp3) is 0.300. The van der Waals surface area contributed by atoms with E-state index in [4.69, 9.17) is 4.74 Å². The zero-order valence-electron chi connectivity index (χ0n) is 15.1. The second kappa shape index (κ2) is 7.36. The zero-order chi connectivity index (χ0) is 19.6. The van der Waals surface area contributed by atoms with Crippen LogP contribution in [0, 0.1) is 5.82 Å². The minimum Gasteiger partial charge on any atom is -0.447 e. The first-order valence-corrected chi connectivity index (χ1v) is 8.59. The summed E-state index contributed by atoms with van der Waals surface area (Å²) in [5.41, 5.74) is -0.414. The molecule has 1 unspecified atom stereocenters. The number of rotatable bonds is 5. The van der Waals surface area contributed by atoms with E-state index in [2.05, 4.69) is 5.32 Å². The number of hydrogen-bond donors (Lipinski definition) is 2. The monoisotopic (exact) mass is 372 g/mol. The third kappa shape index (κ3) is 4.09. The molecule has 142 valence electrons. The van der Waals surface area contributed by atoms with Crippen LogP contribution in [0.1, 0.15) is 35.8 Å². The van der Waals surface area contributed by atoms with Crippen LogP contribution in [0.5, 0.6) is 0 Å². The minimum atomic E-state index is -1.27. The minimum absolute atomic E-state index is 0.211. The van der Waals surface area contributed by atoms with Crippen LogP contribution in [0.25, 0.3) is 0 Å². The molecule has 0 spiro atoms. The Kier molecular flexibility index (Phi) is 5.14. The molecule has 1 saturated heterocycles. The molecule has 1 heterocycles. The number of amides is 2. The second-order valence-corrected chi connectivity index (χ2v) is 6.90. The van der Waals surface area contributed by atoms with Crippen molar-refractivity contribution in [1.82, 2.24) is 5.32 Å². The van der Waals surface area contributed by atoms with Crippen molar-refractivity contribution in [3.05, 3.63) is 65.5 Å². The number of aliphatic hydroxyl groups is 1. The van der Waals surface area contributed by atoms with Gasteiger partial charge in [0, 0.05) is 5.69 Å². The van der Waals surface area contributed by atoms with Crippen molar-refractivity contribution < 1.29 is 23.8 Å². The van der Waals surface area contributed by atoms with Crippen LogP contribution in [-0.4, -0.2) is 35.9 Å². The molecule has 2 aromatic carbocycles. The van der Waals surface area contributed by atoms with Gasteiger partial charge >= 0.3 is 6.09 Å². The molecule has 0 aliphatic carbocycles. The molecule has 1 aliphatic heterocycles. The van der Waals surface area contributed by atoms with Crippen LogP contribution in [0.4, 0.5) is 14.9 Å². The zero-order valence-corrected chi connectivity index (χ0v) is 15.1. The summed E-state index contributed by atoms with van der Waals surface area (Å²) in [5, 5.41) is 13.2. The summed E-state index contributed by atoms with van der Waals surface area (Å²) in [6, 6.07) is 12.1. The molecule has 2 N–H and O–H groups in total. The molecule has 3 rings (SSSR count). The number of carbonyl (C=O) groups excluding carboxylic acids is 2. The van der Waals surface area contributed by atoms with E-state index in [-0.39, 0.29) is 12.2 Å². The van der Waals surface area contributed by atoms with Crippen LogP contribution >= 0.6 is 0 Å². The number of nitrogens with zero attached hydrogens (tertiary/aromatic N) is 1. The molecule has 0 saturated carbocycles. The van der Waals surface area contributed by atoms with Gasteiger partial charge in [0.05, 0.1) is 23.8 Å². The number of cyclic esters (lactones) is 1. The SMILES string of the molecule is CC(C)(O)C(NC(=O)c1cc(N2CCOC2=O)ccc1F)c1ccccc1. The lowest BCUT2D eigenvalue weighted by molar-refractivity contribution is 0.0343. The average Bonchev–Trinajstić information content (AvgIpc) is 3.05. The Bertz CT molecular complexity index is 849. The van der Waals surface area contributed by atoms with Crippen molar-refractivity contribution in [3.8, 4) is 0 Å². The van der Waals surface area contributed by atoms with Gasteiger partial charge in [0.25, 0.3) is 5.91 Å². The molecule has 1 aliphatic rings. The van der Waals surface area contributed by atoms with Gasteiger partial charge < -0.3 is 15.2 Å². The number of ether oxygens (including phenoxy) is 1. The molecule has 6 nitrogen and oxygen atoms in total. The first-order chi connectivity index (χ1) is 12.8.